The minimum Gasteiger partial charge on any atom is -0.355 e. The molecule has 0 bridgehead atoms. The van der Waals surface area contributed by atoms with Crippen molar-refractivity contribution in [3.8, 4) is 11.3 Å². The second kappa shape index (κ2) is 5.37. The van der Waals surface area contributed by atoms with Crippen LogP contribution in [0, 0.1) is 5.41 Å². The van der Waals surface area contributed by atoms with Crippen LogP contribution < -0.4 is 5.32 Å². The summed E-state index contributed by atoms with van der Waals surface area (Å²) in [5.74, 6) is 0.0760. The molecule has 0 spiro atoms. The SMILES string of the molecule is CC1(CNC(=O)Cc2nc(-c3ccccc3)cs2)CC1. The van der Waals surface area contributed by atoms with Crippen LogP contribution >= 0.6 is 11.3 Å². The van der Waals surface area contributed by atoms with E-state index in [0.29, 0.717) is 11.8 Å². The highest BCUT2D eigenvalue weighted by atomic mass is 32.1. The molecule has 20 heavy (non-hydrogen) atoms. The zero-order chi connectivity index (χ0) is 14.0. The van der Waals surface area contributed by atoms with Crippen LogP contribution in [0.25, 0.3) is 11.3 Å². The van der Waals surface area contributed by atoms with Gasteiger partial charge in [-0.25, -0.2) is 4.98 Å². The van der Waals surface area contributed by atoms with Gasteiger partial charge < -0.3 is 5.32 Å². The molecule has 1 aliphatic rings. The first-order chi connectivity index (χ1) is 9.65. The van der Waals surface area contributed by atoms with Crippen molar-refractivity contribution < 1.29 is 4.79 Å². The third-order valence-electron chi connectivity index (χ3n) is 3.75. The molecule has 0 radical (unpaired) electrons. The lowest BCUT2D eigenvalue weighted by molar-refractivity contribution is -0.120. The Bertz CT molecular complexity index is 602. The first kappa shape index (κ1) is 13.3. The Kier molecular flexibility index (Phi) is 3.57. The maximum atomic E-state index is 11.9. The van der Waals surface area contributed by atoms with E-state index in [1.807, 2.05) is 35.7 Å². The normalized spacial score (nSPS) is 15.8. The summed E-state index contributed by atoms with van der Waals surface area (Å²) in [6, 6.07) is 10.1. The molecule has 1 amide bonds. The van der Waals surface area contributed by atoms with Gasteiger partial charge in [-0.15, -0.1) is 11.3 Å². The molecule has 3 nitrogen and oxygen atoms in total. The lowest BCUT2D eigenvalue weighted by atomic mass is 10.1. The summed E-state index contributed by atoms with van der Waals surface area (Å²) in [4.78, 5) is 16.4. The Balaban J connectivity index is 1.58. The summed E-state index contributed by atoms with van der Waals surface area (Å²) >= 11 is 1.55. The monoisotopic (exact) mass is 286 g/mol. The van der Waals surface area contributed by atoms with Gasteiger partial charge in [0.15, 0.2) is 0 Å². The third-order valence-corrected chi connectivity index (χ3v) is 4.60. The quantitative estimate of drug-likeness (QED) is 0.916. The molecule has 1 heterocycles. The van der Waals surface area contributed by atoms with E-state index in [0.717, 1.165) is 22.8 Å². The zero-order valence-corrected chi connectivity index (χ0v) is 12.4. The van der Waals surface area contributed by atoms with Crippen molar-refractivity contribution in [1.29, 1.82) is 0 Å². The molecule has 0 atom stereocenters. The smallest absolute Gasteiger partial charge is 0.226 e. The predicted octanol–water partition coefficient (Wildman–Crippen LogP) is 3.27. The number of benzene rings is 1. The fourth-order valence-corrected chi connectivity index (χ4v) is 2.84. The molecule has 4 heteroatoms. The molecular weight excluding hydrogens is 268 g/mol. The van der Waals surface area contributed by atoms with Gasteiger partial charge in [-0.05, 0) is 18.3 Å². The Hall–Kier alpha value is -1.68. The van der Waals surface area contributed by atoms with Crippen LogP contribution in [0.2, 0.25) is 0 Å². The average Bonchev–Trinajstić information content (AvgIpc) is 3.02. The first-order valence-electron chi connectivity index (χ1n) is 6.91. The highest BCUT2D eigenvalue weighted by molar-refractivity contribution is 7.10. The third kappa shape index (κ3) is 3.25. The van der Waals surface area contributed by atoms with Gasteiger partial charge in [0.1, 0.15) is 5.01 Å². The molecule has 1 N–H and O–H groups in total. The number of carbonyl (C=O) groups excluding carboxylic acids is 1. The fraction of sp³-hybridized carbons (Fsp3) is 0.375. The van der Waals surface area contributed by atoms with Crippen molar-refractivity contribution in [2.45, 2.75) is 26.2 Å². The molecule has 1 saturated carbocycles. The maximum Gasteiger partial charge on any atom is 0.226 e. The number of nitrogens with zero attached hydrogens (tertiary/aromatic N) is 1. The Morgan fingerprint density at radius 1 is 1.35 bits per heavy atom. The van der Waals surface area contributed by atoms with Gasteiger partial charge in [0.2, 0.25) is 5.91 Å². The van der Waals surface area contributed by atoms with Crippen molar-refractivity contribution in [2.75, 3.05) is 6.54 Å². The van der Waals surface area contributed by atoms with E-state index in [1.54, 1.807) is 11.3 Å². The summed E-state index contributed by atoms with van der Waals surface area (Å²) in [6.07, 6.45) is 2.83. The minimum atomic E-state index is 0.0760. The maximum absolute atomic E-state index is 11.9. The average molecular weight is 286 g/mol. The molecule has 1 fully saturated rings. The number of hydrogen-bond acceptors (Lipinski definition) is 3. The lowest BCUT2D eigenvalue weighted by Gasteiger charge is -2.08. The number of carbonyl (C=O) groups is 1. The summed E-state index contributed by atoms with van der Waals surface area (Å²) in [5, 5.41) is 5.90. The number of nitrogens with one attached hydrogen (secondary N) is 1. The number of aromatic nitrogens is 1. The molecule has 1 aromatic carbocycles. The summed E-state index contributed by atoms with van der Waals surface area (Å²) in [5.41, 5.74) is 2.40. The molecule has 0 aliphatic heterocycles. The standard InChI is InChI=1S/C16H18N2OS/c1-16(7-8-16)11-17-14(19)9-15-18-13(10-20-15)12-5-3-2-4-6-12/h2-6,10H,7-9,11H2,1H3,(H,17,19). The molecule has 104 valence electrons. The highest BCUT2D eigenvalue weighted by Crippen LogP contribution is 2.44. The van der Waals surface area contributed by atoms with E-state index < -0.39 is 0 Å². The summed E-state index contributed by atoms with van der Waals surface area (Å²) in [6.45, 7) is 3.01. The Morgan fingerprint density at radius 3 is 2.80 bits per heavy atom. The number of thiazole rings is 1. The van der Waals surface area contributed by atoms with Crippen LogP contribution in [0.15, 0.2) is 35.7 Å². The Morgan fingerprint density at radius 2 is 2.10 bits per heavy atom. The molecule has 0 unspecified atom stereocenters. The Labute approximate surface area is 123 Å². The molecule has 3 rings (SSSR count). The van der Waals surface area contributed by atoms with Crippen molar-refractivity contribution >= 4 is 17.2 Å². The molecule has 0 saturated heterocycles. The minimum absolute atomic E-state index is 0.0760. The van der Waals surface area contributed by atoms with Crippen LogP contribution in [0.5, 0.6) is 0 Å². The van der Waals surface area contributed by atoms with Crippen molar-refractivity contribution in [3.05, 3.63) is 40.7 Å². The highest BCUT2D eigenvalue weighted by Gasteiger charge is 2.37. The van der Waals surface area contributed by atoms with E-state index in [1.165, 1.54) is 12.8 Å². The van der Waals surface area contributed by atoms with Gasteiger partial charge in [0, 0.05) is 17.5 Å². The van der Waals surface area contributed by atoms with Crippen molar-refractivity contribution in [3.63, 3.8) is 0 Å². The fourth-order valence-electron chi connectivity index (χ4n) is 2.04. The van der Waals surface area contributed by atoms with Gasteiger partial charge in [-0.1, -0.05) is 37.3 Å². The first-order valence-corrected chi connectivity index (χ1v) is 7.79. The molecular formula is C16H18N2OS. The van der Waals surface area contributed by atoms with Gasteiger partial charge in [-0.3, -0.25) is 4.79 Å². The second-order valence-corrected chi connectivity index (χ2v) is 6.70. The van der Waals surface area contributed by atoms with E-state index in [-0.39, 0.29) is 5.91 Å². The van der Waals surface area contributed by atoms with Crippen LogP contribution in [-0.2, 0) is 11.2 Å². The van der Waals surface area contributed by atoms with E-state index in [9.17, 15) is 4.79 Å². The number of rotatable bonds is 5. The summed E-state index contributed by atoms with van der Waals surface area (Å²) in [7, 11) is 0. The van der Waals surface area contributed by atoms with Crippen LogP contribution in [-0.4, -0.2) is 17.4 Å². The van der Waals surface area contributed by atoms with Gasteiger partial charge in [-0.2, -0.15) is 0 Å². The lowest BCUT2D eigenvalue weighted by Crippen LogP contribution is -2.30. The van der Waals surface area contributed by atoms with Gasteiger partial charge in [0.05, 0.1) is 12.1 Å². The largest absolute Gasteiger partial charge is 0.355 e. The van der Waals surface area contributed by atoms with Crippen molar-refractivity contribution in [1.82, 2.24) is 10.3 Å². The summed E-state index contributed by atoms with van der Waals surface area (Å²) < 4.78 is 0. The van der Waals surface area contributed by atoms with Gasteiger partial charge >= 0.3 is 0 Å². The van der Waals surface area contributed by atoms with Crippen molar-refractivity contribution in [2.24, 2.45) is 5.41 Å². The van der Waals surface area contributed by atoms with E-state index in [4.69, 9.17) is 0 Å². The predicted molar refractivity (Wildman–Crippen MR) is 81.6 cm³/mol. The topological polar surface area (TPSA) is 42.0 Å². The van der Waals surface area contributed by atoms with Gasteiger partial charge in [0.25, 0.3) is 0 Å². The second-order valence-electron chi connectivity index (χ2n) is 5.76. The van der Waals surface area contributed by atoms with E-state index in [2.05, 4.69) is 17.2 Å². The van der Waals surface area contributed by atoms with Crippen LogP contribution in [0.1, 0.15) is 24.8 Å². The molecule has 1 aliphatic carbocycles. The number of hydrogen-bond donors (Lipinski definition) is 1. The zero-order valence-electron chi connectivity index (χ0n) is 11.6. The number of amides is 1. The molecule has 2 aromatic rings. The van der Waals surface area contributed by atoms with Crippen LogP contribution in [0.4, 0.5) is 0 Å². The van der Waals surface area contributed by atoms with Crippen LogP contribution in [0.3, 0.4) is 0 Å². The van der Waals surface area contributed by atoms with E-state index >= 15 is 0 Å². The molecule has 1 aromatic heterocycles.